The molecule has 0 N–H and O–H groups in total. The molecule has 0 aromatic carbocycles. The third-order valence-corrected chi connectivity index (χ3v) is 3.90. The Hall–Kier alpha value is -2.24. The van der Waals surface area contributed by atoms with Crippen LogP contribution in [0.3, 0.4) is 0 Å². The molecule has 1 aliphatic rings. The van der Waals surface area contributed by atoms with E-state index in [1.165, 1.54) is 0 Å². The summed E-state index contributed by atoms with van der Waals surface area (Å²) in [6.07, 6.45) is 5.24. The van der Waals surface area contributed by atoms with Gasteiger partial charge in [0.25, 0.3) is 0 Å². The molecule has 0 spiro atoms. The minimum absolute atomic E-state index is 0.0647. The van der Waals surface area contributed by atoms with Gasteiger partial charge < -0.3 is 9.32 Å². The van der Waals surface area contributed by atoms with Crippen LogP contribution in [0.15, 0.2) is 28.8 Å². The van der Waals surface area contributed by atoms with E-state index in [1.807, 2.05) is 17.0 Å². The molecule has 1 atom stereocenters. The Morgan fingerprint density at radius 2 is 2.32 bits per heavy atom. The predicted octanol–water partition coefficient (Wildman–Crippen LogP) is 2.52. The smallest absolute Gasteiger partial charge is 0.318 e. The Kier molecular flexibility index (Phi) is 4.46. The molecule has 0 amide bonds. The second kappa shape index (κ2) is 6.68. The lowest BCUT2D eigenvalue weighted by molar-refractivity contribution is 0.0901. The second-order valence-electron chi connectivity index (χ2n) is 5.59. The quantitative estimate of drug-likeness (QED) is 0.790. The summed E-state index contributed by atoms with van der Waals surface area (Å²) < 4.78 is 5.67. The van der Waals surface area contributed by atoms with Gasteiger partial charge in [-0.1, -0.05) is 18.1 Å². The van der Waals surface area contributed by atoms with Crippen molar-refractivity contribution in [3.63, 3.8) is 0 Å². The largest absolute Gasteiger partial charge is 0.408 e. The van der Waals surface area contributed by atoms with Crippen molar-refractivity contribution in [2.75, 3.05) is 18.0 Å². The van der Waals surface area contributed by atoms with E-state index in [4.69, 9.17) is 4.42 Å². The molecule has 2 aromatic rings. The minimum atomic E-state index is -0.0647. The lowest BCUT2D eigenvalue weighted by Gasteiger charge is -2.30. The summed E-state index contributed by atoms with van der Waals surface area (Å²) in [5.74, 6) is 0.694. The Labute approximate surface area is 129 Å². The van der Waals surface area contributed by atoms with Crippen molar-refractivity contribution in [2.24, 2.45) is 5.92 Å². The molecule has 22 heavy (non-hydrogen) atoms. The maximum absolute atomic E-state index is 12.5. The maximum Gasteiger partial charge on any atom is 0.318 e. The fourth-order valence-corrected chi connectivity index (χ4v) is 2.77. The highest BCUT2D eigenvalue weighted by molar-refractivity contribution is 5.96. The van der Waals surface area contributed by atoms with Crippen molar-refractivity contribution in [3.8, 4) is 0 Å². The minimum Gasteiger partial charge on any atom is -0.408 e. The third-order valence-electron chi connectivity index (χ3n) is 3.90. The number of pyridine rings is 1. The molecule has 2 aromatic heterocycles. The molecule has 1 aliphatic heterocycles. The molecule has 1 unspecified atom stereocenters. The number of hydrogen-bond donors (Lipinski definition) is 0. The van der Waals surface area contributed by atoms with E-state index in [2.05, 4.69) is 22.1 Å². The van der Waals surface area contributed by atoms with Crippen LogP contribution in [0.25, 0.3) is 0 Å². The van der Waals surface area contributed by atoms with E-state index >= 15 is 0 Å². The number of Topliss-reactive ketones (excluding diaryl/α,β-unsaturated/α-hetero) is 1. The number of piperidine rings is 1. The van der Waals surface area contributed by atoms with Gasteiger partial charge in [0.2, 0.25) is 5.89 Å². The van der Waals surface area contributed by atoms with Crippen LogP contribution in [-0.2, 0) is 6.42 Å². The normalized spacial score (nSPS) is 18.4. The van der Waals surface area contributed by atoms with Crippen LogP contribution >= 0.6 is 0 Å². The Morgan fingerprint density at radius 1 is 1.41 bits per heavy atom. The van der Waals surface area contributed by atoms with Gasteiger partial charge in [0.15, 0.2) is 5.78 Å². The van der Waals surface area contributed by atoms with Gasteiger partial charge in [-0.25, -0.2) is 0 Å². The number of anilines is 1. The van der Waals surface area contributed by atoms with Crippen molar-refractivity contribution in [3.05, 3.63) is 36.0 Å². The first-order valence-corrected chi connectivity index (χ1v) is 7.80. The standard InChI is InChI=1S/C16H20N4O2/c1-2-6-14-18-19-16(22-14)20-10-5-7-12(11-20)15(21)13-8-3-4-9-17-13/h3-4,8-9,12H,2,5-7,10-11H2,1H3. The topological polar surface area (TPSA) is 72.1 Å². The molecule has 3 heterocycles. The summed E-state index contributed by atoms with van der Waals surface area (Å²) in [7, 11) is 0. The molecule has 0 radical (unpaired) electrons. The summed E-state index contributed by atoms with van der Waals surface area (Å²) in [5, 5.41) is 8.16. The van der Waals surface area contributed by atoms with Gasteiger partial charge in [-0.15, -0.1) is 5.10 Å². The van der Waals surface area contributed by atoms with Crippen molar-refractivity contribution in [1.82, 2.24) is 15.2 Å². The number of carbonyl (C=O) groups excluding carboxylic acids is 1. The first kappa shape index (κ1) is 14.7. The molecular formula is C16H20N4O2. The summed E-state index contributed by atoms with van der Waals surface area (Å²) in [6.45, 7) is 3.54. The van der Waals surface area contributed by atoms with Crippen molar-refractivity contribution in [1.29, 1.82) is 0 Å². The van der Waals surface area contributed by atoms with Crippen LogP contribution < -0.4 is 4.90 Å². The van der Waals surface area contributed by atoms with E-state index in [1.54, 1.807) is 12.3 Å². The van der Waals surface area contributed by atoms with Crippen molar-refractivity contribution >= 4 is 11.8 Å². The third kappa shape index (κ3) is 3.16. The molecule has 1 saturated heterocycles. The molecule has 0 aliphatic carbocycles. The lowest BCUT2D eigenvalue weighted by atomic mass is 9.92. The SMILES string of the molecule is CCCc1nnc(N2CCCC(C(=O)c3ccccn3)C2)o1. The van der Waals surface area contributed by atoms with Gasteiger partial charge in [0.1, 0.15) is 5.69 Å². The van der Waals surface area contributed by atoms with Gasteiger partial charge in [0.05, 0.1) is 0 Å². The van der Waals surface area contributed by atoms with Gasteiger partial charge >= 0.3 is 6.01 Å². The molecule has 3 rings (SSSR count). The summed E-state index contributed by atoms with van der Waals surface area (Å²) in [6, 6.07) is 5.96. The van der Waals surface area contributed by atoms with Gasteiger partial charge in [-0.05, 0) is 31.4 Å². The number of carbonyl (C=O) groups is 1. The van der Waals surface area contributed by atoms with Gasteiger partial charge in [-0.3, -0.25) is 9.78 Å². The van der Waals surface area contributed by atoms with Crippen LogP contribution in [0.4, 0.5) is 6.01 Å². The fraction of sp³-hybridized carbons (Fsp3) is 0.500. The number of aromatic nitrogens is 3. The van der Waals surface area contributed by atoms with E-state index in [-0.39, 0.29) is 11.7 Å². The first-order valence-electron chi connectivity index (χ1n) is 7.80. The molecule has 1 fully saturated rings. The molecule has 6 nitrogen and oxygen atoms in total. The lowest BCUT2D eigenvalue weighted by Crippen LogP contribution is -2.39. The van der Waals surface area contributed by atoms with Crippen LogP contribution in [-0.4, -0.2) is 34.1 Å². The predicted molar refractivity (Wildman–Crippen MR) is 81.8 cm³/mol. The first-order chi connectivity index (χ1) is 10.8. The highest BCUT2D eigenvalue weighted by Gasteiger charge is 2.29. The Morgan fingerprint density at radius 3 is 3.09 bits per heavy atom. The average Bonchev–Trinajstić information content (AvgIpc) is 3.04. The van der Waals surface area contributed by atoms with Crippen LogP contribution in [0.1, 0.15) is 42.6 Å². The zero-order valence-corrected chi connectivity index (χ0v) is 12.7. The van der Waals surface area contributed by atoms with E-state index in [9.17, 15) is 4.79 Å². The number of aryl methyl sites for hydroxylation is 1. The van der Waals surface area contributed by atoms with E-state index in [0.29, 0.717) is 24.1 Å². The van der Waals surface area contributed by atoms with Crippen LogP contribution in [0.2, 0.25) is 0 Å². The summed E-state index contributed by atoms with van der Waals surface area (Å²) >= 11 is 0. The van der Waals surface area contributed by atoms with E-state index < -0.39 is 0 Å². The molecule has 116 valence electrons. The van der Waals surface area contributed by atoms with Crippen molar-refractivity contribution in [2.45, 2.75) is 32.6 Å². The van der Waals surface area contributed by atoms with Gasteiger partial charge in [0, 0.05) is 31.6 Å². The molecule has 0 saturated carbocycles. The maximum atomic E-state index is 12.5. The highest BCUT2D eigenvalue weighted by atomic mass is 16.4. The number of hydrogen-bond acceptors (Lipinski definition) is 6. The zero-order valence-electron chi connectivity index (χ0n) is 12.7. The fourth-order valence-electron chi connectivity index (χ4n) is 2.77. The zero-order chi connectivity index (χ0) is 15.4. The monoisotopic (exact) mass is 300 g/mol. The van der Waals surface area contributed by atoms with E-state index in [0.717, 1.165) is 32.2 Å². The van der Waals surface area contributed by atoms with Gasteiger partial charge in [-0.2, -0.15) is 0 Å². The molecular weight excluding hydrogens is 280 g/mol. The highest BCUT2D eigenvalue weighted by Crippen LogP contribution is 2.24. The van der Waals surface area contributed by atoms with Crippen LogP contribution in [0, 0.1) is 5.92 Å². The van der Waals surface area contributed by atoms with Crippen molar-refractivity contribution < 1.29 is 9.21 Å². The average molecular weight is 300 g/mol. The summed E-state index contributed by atoms with van der Waals surface area (Å²) in [4.78, 5) is 18.7. The second-order valence-corrected chi connectivity index (χ2v) is 5.59. The number of rotatable bonds is 5. The number of nitrogens with zero attached hydrogens (tertiary/aromatic N) is 4. The Balaban J connectivity index is 1.69. The van der Waals surface area contributed by atoms with Crippen LogP contribution in [0.5, 0.6) is 0 Å². The Bertz CT molecular complexity index is 626. The number of ketones is 1. The summed E-state index contributed by atoms with van der Waals surface area (Å²) in [5.41, 5.74) is 0.534. The molecule has 6 heteroatoms. The molecule has 0 bridgehead atoms.